The average Bonchev–Trinajstić information content (AvgIpc) is 3.11. The van der Waals surface area contributed by atoms with Crippen LogP contribution in [0.5, 0.6) is 0 Å². The third kappa shape index (κ3) is 3.46. The number of nitrogens with zero attached hydrogens (tertiary/aromatic N) is 1. The van der Waals surface area contributed by atoms with Crippen LogP contribution in [0.4, 0.5) is 0 Å². The number of likely N-dealkylation sites (tertiary alicyclic amines) is 1. The summed E-state index contributed by atoms with van der Waals surface area (Å²) in [6.07, 6.45) is 2.52. The average molecular weight is 314 g/mol. The maximum atomic E-state index is 12.6. The van der Waals surface area contributed by atoms with Crippen LogP contribution in [0.1, 0.15) is 23.2 Å². The van der Waals surface area contributed by atoms with E-state index in [2.05, 4.69) is 4.98 Å². The molecule has 1 aliphatic heterocycles. The third-order valence-electron chi connectivity index (χ3n) is 4.57. The highest BCUT2D eigenvalue weighted by atomic mass is 16.3. The lowest BCUT2D eigenvalue weighted by Gasteiger charge is -2.33. The highest BCUT2D eigenvalue weighted by Crippen LogP contribution is 2.24. The summed E-state index contributed by atoms with van der Waals surface area (Å²) in [5, 5.41) is 18.7. The van der Waals surface area contributed by atoms with Gasteiger partial charge in [-0.25, -0.2) is 0 Å². The number of aromatic amines is 1. The van der Waals surface area contributed by atoms with Crippen LogP contribution in [-0.4, -0.2) is 51.8 Å². The lowest BCUT2D eigenvalue weighted by molar-refractivity contribution is 0.0179. The minimum absolute atomic E-state index is 0.0142. The molecule has 0 aliphatic carbocycles. The summed E-state index contributed by atoms with van der Waals surface area (Å²) in [7, 11) is 0. The molecule has 1 saturated heterocycles. The molecule has 122 valence electrons. The molecule has 2 aromatic rings. The van der Waals surface area contributed by atoms with Crippen molar-refractivity contribution in [1.29, 1.82) is 0 Å². The molecule has 3 N–H and O–H groups in total. The molecule has 1 aromatic carbocycles. The summed E-state index contributed by atoms with van der Waals surface area (Å²) in [5.41, 5.74) is 2.64. The number of piperidine rings is 1. The van der Waals surface area contributed by atoms with E-state index in [4.69, 9.17) is 5.11 Å². The summed E-state index contributed by atoms with van der Waals surface area (Å²) in [6.45, 7) is 1.02. The fraction of sp³-hybridized carbons (Fsp3) is 0.389. The van der Waals surface area contributed by atoms with Gasteiger partial charge < -0.3 is 20.1 Å². The van der Waals surface area contributed by atoms with E-state index in [1.54, 1.807) is 6.20 Å². The molecule has 1 aliphatic rings. The molecule has 1 aromatic heterocycles. The van der Waals surface area contributed by atoms with E-state index < -0.39 is 6.10 Å². The second-order valence-corrected chi connectivity index (χ2v) is 6.05. The molecule has 3 rings (SSSR count). The van der Waals surface area contributed by atoms with Crippen molar-refractivity contribution in [2.24, 2.45) is 5.92 Å². The van der Waals surface area contributed by atoms with Crippen molar-refractivity contribution in [3.05, 3.63) is 48.2 Å². The summed E-state index contributed by atoms with van der Waals surface area (Å²) < 4.78 is 0. The fourth-order valence-electron chi connectivity index (χ4n) is 3.12. The summed E-state index contributed by atoms with van der Waals surface area (Å²) in [5.74, 6) is 0.0931. The predicted octanol–water partition coefficient (Wildman–Crippen LogP) is 1.89. The Kier molecular flexibility index (Phi) is 4.79. The van der Waals surface area contributed by atoms with E-state index in [0.29, 0.717) is 18.7 Å². The molecule has 0 spiro atoms. The van der Waals surface area contributed by atoms with Crippen molar-refractivity contribution in [3.63, 3.8) is 0 Å². The number of H-pyrrole nitrogens is 1. The maximum Gasteiger partial charge on any atom is 0.255 e. The monoisotopic (exact) mass is 314 g/mol. The highest BCUT2D eigenvalue weighted by molar-refractivity contribution is 5.95. The molecule has 2 heterocycles. The second-order valence-electron chi connectivity index (χ2n) is 6.05. The van der Waals surface area contributed by atoms with E-state index in [1.165, 1.54) is 0 Å². The van der Waals surface area contributed by atoms with Gasteiger partial charge in [-0.15, -0.1) is 0 Å². The topological polar surface area (TPSA) is 76.6 Å². The Morgan fingerprint density at radius 2 is 1.96 bits per heavy atom. The number of carbonyl (C=O) groups is 1. The van der Waals surface area contributed by atoms with Gasteiger partial charge in [-0.05, 0) is 30.4 Å². The SMILES string of the molecule is O=C(c1c[nH]c(-c2ccccc2)c1)N1CCC(C(O)CO)CC1. The summed E-state index contributed by atoms with van der Waals surface area (Å²) in [4.78, 5) is 17.6. The molecule has 0 radical (unpaired) electrons. The zero-order chi connectivity index (χ0) is 16.2. The van der Waals surface area contributed by atoms with Crippen molar-refractivity contribution in [2.75, 3.05) is 19.7 Å². The Morgan fingerprint density at radius 1 is 1.26 bits per heavy atom. The number of aliphatic hydroxyl groups excluding tert-OH is 2. The predicted molar refractivity (Wildman–Crippen MR) is 87.9 cm³/mol. The molecule has 1 atom stereocenters. The van der Waals surface area contributed by atoms with Crippen molar-refractivity contribution >= 4 is 5.91 Å². The standard InChI is InChI=1S/C18H22N2O3/c21-12-17(22)14-6-8-20(9-7-14)18(23)15-10-16(19-11-15)13-4-2-1-3-5-13/h1-5,10-11,14,17,19,21-22H,6-9,12H2. The first-order valence-electron chi connectivity index (χ1n) is 8.01. The molecule has 5 nitrogen and oxygen atoms in total. The van der Waals surface area contributed by atoms with Crippen LogP contribution in [0.25, 0.3) is 11.3 Å². The van der Waals surface area contributed by atoms with Gasteiger partial charge in [0.25, 0.3) is 5.91 Å². The molecular weight excluding hydrogens is 292 g/mol. The van der Waals surface area contributed by atoms with Crippen LogP contribution >= 0.6 is 0 Å². The van der Waals surface area contributed by atoms with Crippen LogP contribution in [-0.2, 0) is 0 Å². The van der Waals surface area contributed by atoms with Crippen LogP contribution in [0.3, 0.4) is 0 Å². The maximum absolute atomic E-state index is 12.6. The number of benzene rings is 1. The Balaban J connectivity index is 1.65. The van der Waals surface area contributed by atoms with E-state index in [0.717, 1.165) is 24.1 Å². The van der Waals surface area contributed by atoms with Crippen LogP contribution < -0.4 is 0 Å². The quantitative estimate of drug-likeness (QED) is 0.806. The number of aromatic nitrogens is 1. The normalized spacial score (nSPS) is 17.2. The Bertz CT molecular complexity index is 645. The van der Waals surface area contributed by atoms with Gasteiger partial charge in [0.1, 0.15) is 0 Å². The van der Waals surface area contributed by atoms with Crippen molar-refractivity contribution in [2.45, 2.75) is 18.9 Å². The molecule has 23 heavy (non-hydrogen) atoms. The Hall–Kier alpha value is -2.11. The van der Waals surface area contributed by atoms with Crippen LogP contribution in [0, 0.1) is 5.92 Å². The number of nitrogens with one attached hydrogen (secondary N) is 1. The Labute approximate surface area is 135 Å². The van der Waals surface area contributed by atoms with Gasteiger partial charge in [0.2, 0.25) is 0 Å². The molecule has 0 saturated carbocycles. The zero-order valence-corrected chi connectivity index (χ0v) is 13.0. The van der Waals surface area contributed by atoms with Crippen LogP contribution in [0.2, 0.25) is 0 Å². The summed E-state index contributed by atoms with van der Waals surface area (Å²) in [6, 6.07) is 11.8. The van der Waals surface area contributed by atoms with E-state index in [1.807, 2.05) is 41.3 Å². The largest absolute Gasteiger partial charge is 0.394 e. The summed E-state index contributed by atoms with van der Waals surface area (Å²) >= 11 is 0. The minimum atomic E-state index is -0.677. The number of hydrogen-bond acceptors (Lipinski definition) is 3. The van der Waals surface area contributed by atoms with E-state index in [-0.39, 0.29) is 18.4 Å². The van der Waals surface area contributed by atoms with Gasteiger partial charge in [-0.3, -0.25) is 4.79 Å². The van der Waals surface area contributed by atoms with Crippen molar-refractivity contribution in [1.82, 2.24) is 9.88 Å². The van der Waals surface area contributed by atoms with Crippen molar-refractivity contribution in [3.8, 4) is 11.3 Å². The number of amides is 1. The molecule has 1 fully saturated rings. The highest BCUT2D eigenvalue weighted by Gasteiger charge is 2.27. The number of hydrogen-bond donors (Lipinski definition) is 3. The second kappa shape index (κ2) is 6.98. The number of aliphatic hydroxyl groups is 2. The fourth-order valence-corrected chi connectivity index (χ4v) is 3.12. The minimum Gasteiger partial charge on any atom is -0.394 e. The molecular formula is C18H22N2O3. The van der Waals surface area contributed by atoms with E-state index in [9.17, 15) is 9.90 Å². The molecule has 1 amide bonds. The van der Waals surface area contributed by atoms with Gasteiger partial charge in [0.15, 0.2) is 0 Å². The van der Waals surface area contributed by atoms with Gasteiger partial charge >= 0.3 is 0 Å². The smallest absolute Gasteiger partial charge is 0.255 e. The van der Waals surface area contributed by atoms with Crippen molar-refractivity contribution < 1.29 is 15.0 Å². The molecule has 0 bridgehead atoms. The first kappa shape index (κ1) is 15.8. The molecule has 1 unspecified atom stereocenters. The van der Waals surface area contributed by atoms with E-state index >= 15 is 0 Å². The number of rotatable bonds is 4. The van der Waals surface area contributed by atoms with Gasteiger partial charge in [-0.1, -0.05) is 30.3 Å². The zero-order valence-electron chi connectivity index (χ0n) is 13.0. The van der Waals surface area contributed by atoms with Gasteiger partial charge in [0, 0.05) is 25.0 Å². The number of carbonyl (C=O) groups excluding carboxylic acids is 1. The lowest BCUT2D eigenvalue weighted by atomic mass is 9.91. The lowest BCUT2D eigenvalue weighted by Crippen LogP contribution is -2.41. The first-order valence-corrected chi connectivity index (χ1v) is 8.01. The van der Waals surface area contributed by atoms with Crippen LogP contribution in [0.15, 0.2) is 42.6 Å². The molecule has 5 heteroatoms. The Morgan fingerprint density at radius 3 is 2.61 bits per heavy atom. The van der Waals surface area contributed by atoms with Gasteiger partial charge in [-0.2, -0.15) is 0 Å². The first-order chi connectivity index (χ1) is 11.2. The van der Waals surface area contributed by atoms with Gasteiger partial charge in [0.05, 0.1) is 18.3 Å². The third-order valence-corrected chi connectivity index (χ3v) is 4.57.